The minimum Gasteiger partial charge on any atom is -0.479 e. The number of aromatic carboxylic acids is 1. The second-order valence-electron chi connectivity index (χ2n) is 30.6. The smallest absolute Gasteiger partial charge is 0.410 e. The second-order valence-corrected chi connectivity index (χ2v) is 31.6. The molecule has 31 heteroatoms. The second kappa shape index (κ2) is 31.2. The molecular weight excluding hydrogens is 1400 g/mol. The largest absolute Gasteiger partial charge is 0.479 e. The van der Waals surface area contributed by atoms with E-state index in [0.717, 1.165) is 70.1 Å². The number of benzene rings is 3. The van der Waals surface area contributed by atoms with Gasteiger partial charge in [0.1, 0.15) is 55.6 Å². The zero-order chi connectivity index (χ0) is 76.6. The van der Waals surface area contributed by atoms with Crippen molar-refractivity contribution < 1.29 is 88.0 Å². The number of aromatic nitrogens is 4. The van der Waals surface area contributed by atoms with Gasteiger partial charge in [0, 0.05) is 80.3 Å². The number of para-hydroxylation sites is 1. The number of carbonyl (C=O) groups is 9. The molecule has 3 aromatic heterocycles. The van der Waals surface area contributed by atoms with E-state index >= 15 is 0 Å². The van der Waals surface area contributed by atoms with Crippen LogP contribution in [-0.2, 0) is 75.5 Å². The van der Waals surface area contributed by atoms with Crippen molar-refractivity contribution >= 4 is 91.7 Å². The van der Waals surface area contributed by atoms with Crippen LogP contribution in [0.4, 0.5) is 21.4 Å². The lowest BCUT2D eigenvalue weighted by Crippen LogP contribution is -2.64. The Morgan fingerprint density at radius 2 is 1.56 bits per heavy atom. The van der Waals surface area contributed by atoms with Crippen molar-refractivity contribution in [3.63, 3.8) is 0 Å². The fourth-order valence-corrected chi connectivity index (χ4v) is 18.5. The first-order valence-electron chi connectivity index (χ1n) is 36.0. The fraction of sp³-hybridized carbons (Fsp3) is 0.500. The van der Waals surface area contributed by atoms with Crippen LogP contribution in [0.3, 0.4) is 0 Å². The molecule has 30 nitrogen and oxygen atoms in total. The van der Waals surface area contributed by atoms with Gasteiger partial charge in [-0.25, -0.2) is 24.4 Å². The summed E-state index contributed by atoms with van der Waals surface area (Å²) in [5.41, 5.74) is 4.71. The number of hydrogen-bond donors (Lipinski definition) is 11. The number of rotatable bonds is 28. The van der Waals surface area contributed by atoms with Crippen molar-refractivity contribution in [3.05, 3.63) is 130 Å². The number of anilines is 3. The van der Waals surface area contributed by atoms with E-state index in [1.54, 1.807) is 44.3 Å². The van der Waals surface area contributed by atoms with Gasteiger partial charge in [0.2, 0.25) is 29.5 Å². The first kappa shape index (κ1) is 76.9. The van der Waals surface area contributed by atoms with Crippen LogP contribution in [0.5, 0.6) is 0 Å². The molecule has 5 fully saturated rings. The summed E-state index contributed by atoms with van der Waals surface area (Å²) in [5.74, 6) is -6.12. The Balaban J connectivity index is 0.714. The monoisotopic (exact) mass is 1490 g/mol. The number of amides is 7. The third kappa shape index (κ3) is 16.8. The summed E-state index contributed by atoms with van der Waals surface area (Å²) >= 11 is 1.40. The predicted molar refractivity (Wildman–Crippen MR) is 390 cm³/mol. The van der Waals surface area contributed by atoms with Crippen molar-refractivity contribution in [1.82, 2.24) is 45.5 Å². The third-order valence-corrected chi connectivity index (χ3v) is 22.7. The molecule has 13 rings (SSSR count). The number of nitrogens with one attached hydrogen (secondary N) is 5. The highest BCUT2D eigenvalue weighted by Crippen LogP contribution is 2.72. The number of nitrogens with zero attached hydrogens (tertiary/aromatic N) is 7. The number of ether oxygens (including phenoxy) is 3. The average Bonchev–Trinajstić information content (AvgIpc) is 0.955. The lowest BCUT2D eigenvalue weighted by Gasteiger charge is -2.69. The fourth-order valence-electron chi connectivity index (χ4n) is 17.6. The van der Waals surface area contributed by atoms with Crippen LogP contribution < -0.4 is 31.5 Å². The number of aliphatic hydroxyl groups is 4. The molecule has 3 aromatic carbocycles. The maximum Gasteiger partial charge on any atom is 0.410 e. The molecule has 107 heavy (non-hydrogen) atoms. The SMILES string of the molecule is CNC(=O)CCN(CCOC12CC3(C)CC(C)(CC(Cn4ncc(-c5ccc(N6CCc7cccc(C(=O)Nc8nc9ccccc9s8)c7C6)nc5C(=O)O)c4C)(C3)C1)C2)C(=O)OCc1ccc(NC(=O)[C@H](C)NC(=O)[C@@H](NC(=O)CN2C(=O)C=CC2O)C(C)C)cc1CC[C@@H]1O[C@H](C(=O)O)[C@@H](O)[C@H](O)[C@H]1O. The molecular formula is C76H92N12O18S. The first-order chi connectivity index (χ1) is 50.8. The lowest BCUT2D eigenvalue weighted by molar-refractivity contribution is -0.248. The topological polar surface area (TPSA) is 416 Å². The molecule has 11 N–H and O–H groups in total. The Morgan fingerprint density at radius 3 is 2.26 bits per heavy atom. The van der Waals surface area contributed by atoms with Gasteiger partial charge in [-0.05, 0) is 165 Å². The summed E-state index contributed by atoms with van der Waals surface area (Å²) in [5, 5.41) is 81.7. The maximum atomic E-state index is 14.5. The molecule has 4 aliphatic carbocycles. The summed E-state index contributed by atoms with van der Waals surface area (Å²) in [6, 6.07) is 19.2. The molecule has 0 radical (unpaired) electrons. The molecule has 6 heterocycles. The van der Waals surface area contributed by atoms with Gasteiger partial charge in [0.15, 0.2) is 16.9 Å². The molecule has 4 saturated carbocycles. The van der Waals surface area contributed by atoms with Crippen molar-refractivity contribution in [2.75, 3.05) is 55.4 Å². The molecule has 570 valence electrons. The number of hydrogen-bond acceptors (Lipinski definition) is 21. The normalized spacial score (nSPS) is 25.4. The van der Waals surface area contributed by atoms with Gasteiger partial charge >= 0.3 is 18.0 Å². The number of aliphatic carboxylic acids is 1. The van der Waals surface area contributed by atoms with Gasteiger partial charge in [-0.1, -0.05) is 69.4 Å². The number of aryl methyl sites for hydroxylation is 1. The quantitative estimate of drug-likeness (QED) is 0.0291. The molecule has 0 spiro atoms. The van der Waals surface area contributed by atoms with Crippen molar-refractivity contribution in [3.8, 4) is 11.1 Å². The van der Waals surface area contributed by atoms with E-state index in [9.17, 15) is 73.8 Å². The number of carboxylic acid groups (broad SMARTS) is 2. The molecule has 4 bridgehead atoms. The van der Waals surface area contributed by atoms with Crippen LogP contribution in [-0.4, -0.2) is 208 Å². The van der Waals surface area contributed by atoms with Gasteiger partial charge < -0.3 is 80.8 Å². The van der Waals surface area contributed by atoms with Crippen LogP contribution in [0, 0.1) is 29.1 Å². The van der Waals surface area contributed by atoms with Crippen LogP contribution in [0.15, 0.2) is 91.1 Å². The minimum atomic E-state index is -1.94. The maximum absolute atomic E-state index is 14.5. The molecule has 10 atom stereocenters. The van der Waals surface area contributed by atoms with Gasteiger partial charge in [-0.2, -0.15) is 5.10 Å². The lowest BCUT2D eigenvalue weighted by atomic mass is 9.39. The van der Waals surface area contributed by atoms with Gasteiger partial charge in [-0.3, -0.25) is 38.8 Å². The number of fused-ring (bicyclic) bond motifs is 2. The van der Waals surface area contributed by atoms with E-state index in [-0.39, 0.29) is 85.0 Å². The Hall–Kier alpha value is -9.76. The average molecular weight is 1490 g/mol. The number of carbonyl (C=O) groups excluding carboxylic acids is 7. The van der Waals surface area contributed by atoms with E-state index in [4.69, 9.17) is 24.3 Å². The third-order valence-electron chi connectivity index (χ3n) is 21.7. The number of pyridine rings is 1. The number of aliphatic hydroxyl groups excluding tert-OH is 4. The Morgan fingerprint density at radius 1 is 0.804 bits per heavy atom. The highest BCUT2D eigenvalue weighted by molar-refractivity contribution is 7.22. The first-order valence-corrected chi connectivity index (χ1v) is 36.8. The van der Waals surface area contributed by atoms with E-state index in [1.807, 2.05) is 59.0 Å². The minimum absolute atomic E-state index is 0.0293. The summed E-state index contributed by atoms with van der Waals surface area (Å²) in [6.07, 6.45) is -1.41. The zero-order valence-corrected chi connectivity index (χ0v) is 61.5. The Kier molecular flexibility index (Phi) is 22.4. The summed E-state index contributed by atoms with van der Waals surface area (Å²) in [7, 11) is 1.49. The molecule has 3 unspecified atom stereocenters. The standard InChI is InChI=1S/C76H92N12O18S/c1-41(2)60(83-57(90)32-87-58(91)21-22-59(87)92)68(98)79-42(3)66(96)80-47-17-15-46(45(29-47)16-19-53-62(93)63(94)64(95)65(106-53)70(101)102)33-104-72(103)85(26-24-56(89)77-7)27-28-105-76-37-73(5)34-74(6,38-76)36-75(35-73,39-76)40-88-43(4)50(30-78-88)48-18-20-55(82-61(48)69(99)100)86-25-23-44-11-10-12-49(51(44)31-86)67(97)84-71-81-52-13-8-9-14-54(52)107-71/h8-15,17-18,20-22,29-30,41-42,53,58,60,62-65,91,93-95H,16,19,23-28,31-40H2,1-7H3,(H,77,89)(H,79,98)(H,80,96)(H,83,90)(H,99,100)(H,101,102)(H,81,84,97)/t42-,53-,58?,60-,62-,63+,64-,65-,73?,74?,75?,76?/m0/s1. The van der Waals surface area contributed by atoms with Crippen LogP contribution in [0.25, 0.3) is 21.3 Å². The van der Waals surface area contributed by atoms with E-state index in [0.29, 0.717) is 71.2 Å². The highest BCUT2D eigenvalue weighted by Gasteiger charge is 2.66. The number of thiazole rings is 1. The zero-order valence-electron chi connectivity index (χ0n) is 60.7. The van der Waals surface area contributed by atoms with Crippen LogP contribution in [0.2, 0.25) is 0 Å². The molecule has 1 saturated heterocycles. The van der Waals surface area contributed by atoms with Gasteiger partial charge in [0.25, 0.3) is 5.91 Å². The van der Waals surface area contributed by atoms with Crippen molar-refractivity contribution in [2.45, 2.75) is 180 Å². The van der Waals surface area contributed by atoms with Crippen LogP contribution >= 0.6 is 11.3 Å². The summed E-state index contributed by atoms with van der Waals surface area (Å²) < 4.78 is 21.7. The summed E-state index contributed by atoms with van der Waals surface area (Å²) in [4.78, 5) is 133. The van der Waals surface area contributed by atoms with E-state index in [1.165, 1.54) is 42.4 Å². The summed E-state index contributed by atoms with van der Waals surface area (Å²) in [6.45, 7) is 11.9. The van der Waals surface area contributed by atoms with E-state index in [2.05, 4.69) is 45.4 Å². The van der Waals surface area contributed by atoms with E-state index < -0.39 is 109 Å². The van der Waals surface area contributed by atoms with Crippen molar-refractivity contribution in [1.29, 1.82) is 0 Å². The van der Waals surface area contributed by atoms with Crippen molar-refractivity contribution in [2.24, 2.45) is 22.2 Å². The van der Waals surface area contributed by atoms with Crippen LogP contribution in [0.1, 0.15) is 135 Å². The highest BCUT2D eigenvalue weighted by atomic mass is 32.1. The molecule has 6 aromatic rings. The van der Waals surface area contributed by atoms with Gasteiger partial charge in [0.05, 0.1) is 34.7 Å². The molecule has 7 amide bonds. The predicted octanol–water partition coefficient (Wildman–Crippen LogP) is 5.46. The Labute approximate surface area is 621 Å². The van der Waals surface area contributed by atoms with Gasteiger partial charge in [-0.15, -0.1) is 0 Å². The number of carboxylic acids is 2. The molecule has 3 aliphatic heterocycles. The molecule has 7 aliphatic rings. The Bertz CT molecular complexity index is 4430.